The van der Waals surface area contributed by atoms with Gasteiger partial charge in [0.05, 0.1) is 0 Å². The minimum atomic E-state index is -5.26. The normalized spacial score (nSPS) is 12.6. The minimum Gasteiger partial charge on any atom is -0.478 e. The Bertz CT molecular complexity index is 739. The van der Waals surface area contributed by atoms with Gasteiger partial charge in [0.1, 0.15) is 17.0 Å². The molecule has 1 rings (SSSR count). The lowest BCUT2D eigenvalue weighted by Crippen LogP contribution is -2.21. The van der Waals surface area contributed by atoms with Gasteiger partial charge < -0.3 is 20.6 Å². The number of allylic oxidation sites excluding steroid dienone is 1. The van der Waals surface area contributed by atoms with Gasteiger partial charge in [-0.25, -0.2) is 19.4 Å². The highest BCUT2D eigenvalue weighted by Gasteiger charge is 2.39. The van der Waals surface area contributed by atoms with E-state index in [1.807, 2.05) is 0 Å². The van der Waals surface area contributed by atoms with E-state index < -0.39 is 46.7 Å². The van der Waals surface area contributed by atoms with Gasteiger partial charge in [-0.2, -0.15) is 13.2 Å². The molecule has 8 nitrogen and oxygen atoms in total. The smallest absolute Gasteiger partial charge is 0.423 e. The minimum absolute atomic E-state index is 0.0246. The molecule has 0 unspecified atom stereocenters. The fourth-order valence-electron chi connectivity index (χ4n) is 1.48. The Kier molecular flexibility index (Phi) is 5.65. The molecule has 0 saturated heterocycles. The second kappa shape index (κ2) is 7.26. The predicted molar refractivity (Wildman–Crippen MR) is 72.3 cm³/mol. The Morgan fingerprint density at radius 2 is 1.75 bits per heavy atom. The van der Waals surface area contributed by atoms with E-state index in [1.54, 1.807) is 0 Å². The van der Waals surface area contributed by atoms with E-state index in [2.05, 4.69) is 10.3 Å². The molecule has 0 amide bonds. The lowest BCUT2D eigenvalue weighted by Gasteiger charge is -2.11. The molecule has 0 bridgehead atoms. The highest BCUT2D eigenvalue weighted by atomic mass is 19.4. The van der Waals surface area contributed by atoms with E-state index in [9.17, 15) is 27.6 Å². The van der Waals surface area contributed by atoms with Crippen molar-refractivity contribution in [2.24, 2.45) is 0 Å². The highest BCUT2D eigenvalue weighted by molar-refractivity contribution is 5.94. The maximum atomic E-state index is 12.7. The average molecular weight is 346 g/mol. The molecule has 24 heavy (non-hydrogen) atoms. The van der Waals surface area contributed by atoms with Crippen LogP contribution in [0.25, 0.3) is 0 Å². The third-order valence-electron chi connectivity index (χ3n) is 2.42. The number of rotatable bonds is 6. The first kappa shape index (κ1) is 18.7. The zero-order chi connectivity index (χ0) is 18.5. The number of hydrogen-bond donors (Lipinski definition) is 4. The van der Waals surface area contributed by atoms with E-state index in [0.717, 1.165) is 12.3 Å². The van der Waals surface area contributed by atoms with Crippen LogP contribution in [0.3, 0.4) is 0 Å². The molecule has 0 aliphatic heterocycles. The molecule has 0 atom stereocenters. The first-order valence-corrected chi connectivity index (χ1v) is 5.94. The summed E-state index contributed by atoms with van der Waals surface area (Å²) in [7, 11) is 0. The summed E-state index contributed by atoms with van der Waals surface area (Å²) in [6, 6.07) is 2.31. The van der Waals surface area contributed by atoms with E-state index in [-0.39, 0.29) is 12.2 Å². The number of carbonyl (C=O) groups is 3. The zero-order valence-corrected chi connectivity index (χ0v) is 11.5. The summed E-state index contributed by atoms with van der Waals surface area (Å²) in [5.41, 5.74) is -3.32. The summed E-state index contributed by atoms with van der Waals surface area (Å²) in [5, 5.41) is 28.3. The Labute approximate surface area is 131 Å². The number of aromatic nitrogens is 1. The lowest BCUT2D eigenvalue weighted by atomic mass is 10.2. The topological polar surface area (TPSA) is 137 Å². The molecule has 11 heteroatoms. The number of anilines is 1. The number of aromatic carboxylic acids is 1. The van der Waals surface area contributed by atoms with Crippen LogP contribution in [0.2, 0.25) is 0 Å². The number of halogens is 3. The van der Waals surface area contributed by atoms with Gasteiger partial charge in [0.15, 0.2) is 0 Å². The Morgan fingerprint density at radius 3 is 2.21 bits per heavy atom. The molecule has 4 N–H and O–H groups in total. The zero-order valence-electron chi connectivity index (χ0n) is 11.5. The highest BCUT2D eigenvalue weighted by Crippen LogP contribution is 2.27. The summed E-state index contributed by atoms with van der Waals surface area (Å²) in [4.78, 5) is 36.0. The van der Waals surface area contributed by atoms with E-state index in [4.69, 9.17) is 15.3 Å². The molecule has 0 aliphatic carbocycles. The first-order chi connectivity index (χ1) is 11.0. The number of pyridine rings is 1. The van der Waals surface area contributed by atoms with Gasteiger partial charge in [-0.3, -0.25) is 0 Å². The van der Waals surface area contributed by atoms with Crippen LogP contribution in [-0.2, 0) is 9.59 Å². The van der Waals surface area contributed by atoms with Gasteiger partial charge in [-0.15, -0.1) is 0 Å². The number of nitrogens with one attached hydrogen (secondary N) is 1. The molecular weight excluding hydrogens is 337 g/mol. The second-order valence-corrected chi connectivity index (χ2v) is 4.13. The molecule has 0 radical (unpaired) electrons. The fraction of sp³-hybridized carbons (Fsp3) is 0.0769. The van der Waals surface area contributed by atoms with Crippen molar-refractivity contribution in [3.63, 3.8) is 0 Å². The predicted octanol–water partition coefficient (Wildman–Crippen LogP) is 1.73. The van der Waals surface area contributed by atoms with Crippen LogP contribution < -0.4 is 5.32 Å². The summed E-state index contributed by atoms with van der Waals surface area (Å²) < 4.78 is 38.0. The molecule has 0 saturated carbocycles. The van der Waals surface area contributed by atoms with Crippen LogP contribution in [0.4, 0.5) is 19.0 Å². The summed E-state index contributed by atoms with van der Waals surface area (Å²) in [6.07, 6.45) is -3.88. The van der Waals surface area contributed by atoms with Gasteiger partial charge >= 0.3 is 24.1 Å². The maximum absolute atomic E-state index is 12.7. The lowest BCUT2D eigenvalue weighted by molar-refractivity contribution is -0.145. The van der Waals surface area contributed by atoms with E-state index in [1.165, 1.54) is 6.07 Å². The third kappa shape index (κ3) is 5.12. The van der Waals surface area contributed by atoms with Crippen LogP contribution in [0, 0.1) is 0 Å². The Balaban J connectivity index is 3.39. The van der Waals surface area contributed by atoms with Crippen LogP contribution in [0.1, 0.15) is 10.4 Å². The summed E-state index contributed by atoms with van der Waals surface area (Å²) in [6.45, 7) is 0. The van der Waals surface area contributed by atoms with Crippen molar-refractivity contribution >= 4 is 23.7 Å². The molecular formula is C13H9F3N2O6. The van der Waals surface area contributed by atoms with Gasteiger partial charge in [0.25, 0.3) is 0 Å². The van der Waals surface area contributed by atoms with Crippen molar-refractivity contribution in [3.8, 4) is 0 Å². The summed E-state index contributed by atoms with van der Waals surface area (Å²) >= 11 is 0. The number of carboxylic acid groups (broad SMARTS) is 3. The maximum Gasteiger partial charge on any atom is 0.423 e. The van der Waals surface area contributed by atoms with Crippen molar-refractivity contribution in [1.29, 1.82) is 0 Å². The number of carboxylic acids is 3. The fourth-order valence-corrected chi connectivity index (χ4v) is 1.48. The largest absolute Gasteiger partial charge is 0.478 e. The third-order valence-corrected chi connectivity index (χ3v) is 2.42. The van der Waals surface area contributed by atoms with Crippen molar-refractivity contribution in [2.45, 2.75) is 6.18 Å². The van der Waals surface area contributed by atoms with Crippen LogP contribution in [-0.4, -0.2) is 44.4 Å². The van der Waals surface area contributed by atoms with E-state index in [0.29, 0.717) is 0 Å². The molecule has 128 valence electrons. The van der Waals surface area contributed by atoms with Crippen molar-refractivity contribution in [2.75, 3.05) is 5.32 Å². The van der Waals surface area contributed by atoms with Crippen molar-refractivity contribution < 1.29 is 42.9 Å². The molecule has 0 aromatic carbocycles. The Hall–Kier alpha value is -3.37. The van der Waals surface area contributed by atoms with Crippen LogP contribution in [0.15, 0.2) is 41.8 Å². The molecule has 1 heterocycles. The molecule has 1 aromatic heterocycles. The number of aliphatic carboxylic acids is 2. The molecule has 0 spiro atoms. The second-order valence-electron chi connectivity index (χ2n) is 4.13. The quantitative estimate of drug-likeness (QED) is 0.451. The first-order valence-electron chi connectivity index (χ1n) is 5.94. The summed E-state index contributed by atoms with van der Waals surface area (Å²) in [5.74, 6) is -5.95. The van der Waals surface area contributed by atoms with Crippen molar-refractivity contribution in [1.82, 2.24) is 4.98 Å². The van der Waals surface area contributed by atoms with Gasteiger partial charge in [0.2, 0.25) is 0 Å². The van der Waals surface area contributed by atoms with Crippen LogP contribution in [0.5, 0.6) is 0 Å². The van der Waals surface area contributed by atoms with Crippen LogP contribution >= 0.6 is 0 Å². The number of nitrogens with zero attached hydrogens (tertiary/aromatic N) is 1. The number of hydrogen-bond acceptors (Lipinski definition) is 5. The molecule has 0 fully saturated rings. The van der Waals surface area contributed by atoms with Gasteiger partial charge in [0, 0.05) is 18.0 Å². The molecule has 0 aliphatic rings. The van der Waals surface area contributed by atoms with Crippen molar-refractivity contribution in [3.05, 3.63) is 47.3 Å². The number of alkyl halides is 3. The molecule has 1 aromatic rings. The van der Waals surface area contributed by atoms with Gasteiger partial charge in [-0.1, -0.05) is 0 Å². The van der Waals surface area contributed by atoms with Gasteiger partial charge in [-0.05, 0) is 18.2 Å². The standard InChI is InChI=1S/C13H9F3N2O6/c14-13(15,16)8(12(23)24)4-6(5-9(19)20)18-10-7(11(21)22)2-1-3-17-10/h1-5H,(H,17,18)(H,19,20)(H,21,22)(H,23,24)/b6-5?,8-4+. The monoisotopic (exact) mass is 346 g/mol. The van der Waals surface area contributed by atoms with E-state index >= 15 is 0 Å². The Morgan fingerprint density at radius 1 is 1.12 bits per heavy atom. The SMILES string of the molecule is O=C(O)C=C(/C=C(\C(=O)O)C(F)(F)F)Nc1ncccc1C(=O)O. The average Bonchev–Trinajstić information content (AvgIpc) is 2.42.